The van der Waals surface area contributed by atoms with Crippen molar-refractivity contribution in [3.8, 4) is 0 Å². The van der Waals surface area contributed by atoms with Crippen LogP contribution in [0.15, 0.2) is 0 Å². The second kappa shape index (κ2) is 10.5. The van der Waals surface area contributed by atoms with E-state index in [2.05, 4.69) is 4.72 Å². The SMILES string of the molecule is CC(C)OCCS(=O)(=O)NCC(=O)N1CCCCC1C(C)N.Cl. The molecule has 23 heavy (non-hydrogen) atoms. The molecule has 0 saturated carbocycles. The lowest BCUT2D eigenvalue weighted by Crippen LogP contribution is -2.54. The van der Waals surface area contributed by atoms with Gasteiger partial charge in [0.05, 0.1) is 25.0 Å². The van der Waals surface area contributed by atoms with Crippen molar-refractivity contribution in [2.24, 2.45) is 5.73 Å². The second-order valence-corrected chi connectivity index (χ2v) is 8.00. The molecule has 0 aromatic heterocycles. The number of likely N-dealkylation sites (tertiary alicyclic amines) is 1. The largest absolute Gasteiger partial charge is 0.378 e. The lowest BCUT2D eigenvalue weighted by molar-refractivity contribution is -0.134. The minimum atomic E-state index is -3.50. The van der Waals surface area contributed by atoms with E-state index in [0.29, 0.717) is 6.54 Å². The average molecular weight is 372 g/mol. The molecule has 3 N–H and O–H groups in total. The topological polar surface area (TPSA) is 102 Å². The molecule has 1 amide bonds. The van der Waals surface area contributed by atoms with Gasteiger partial charge in [0.25, 0.3) is 0 Å². The molecule has 0 spiro atoms. The Bertz CT molecular complexity index is 457. The van der Waals surface area contributed by atoms with E-state index >= 15 is 0 Å². The normalized spacial score (nSPS) is 20.2. The first-order valence-corrected chi connectivity index (χ1v) is 9.52. The highest BCUT2D eigenvalue weighted by Crippen LogP contribution is 2.18. The molecule has 7 nitrogen and oxygen atoms in total. The summed E-state index contributed by atoms with van der Waals surface area (Å²) in [6, 6.07) is -0.115. The van der Waals surface area contributed by atoms with Crippen LogP contribution in [0.25, 0.3) is 0 Å². The van der Waals surface area contributed by atoms with E-state index in [9.17, 15) is 13.2 Å². The molecular weight excluding hydrogens is 342 g/mol. The van der Waals surface area contributed by atoms with Gasteiger partial charge in [-0.2, -0.15) is 0 Å². The summed E-state index contributed by atoms with van der Waals surface area (Å²) in [7, 11) is -3.50. The zero-order valence-corrected chi connectivity index (χ0v) is 15.8. The molecule has 1 saturated heterocycles. The van der Waals surface area contributed by atoms with Gasteiger partial charge < -0.3 is 15.4 Å². The first-order valence-electron chi connectivity index (χ1n) is 7.87. The van der Waals surface area contributed by atoms with Gasteiger partial charge in [-0.05, 0) is 40.0 Å². The molecule has 1 heterocycles. The second-order valence-electron chi connectivity index (χ2n) is 6.07. The summed E-state index contributed by atoms with van der Waals surface area (Å²) in [4.78, 5) is 14.0. The molecule has 0 aromatic carbocycles. The maximum Gasteiger partial charge on any atom is 0.237 e. The third-order valence-corrected chi connectivity index (χ3v) is 5.01. The number of nitrogens with one attached hydrogen (secondary N) is 1. The third kappa shape index (κ3) is 8.30. The molecule has 1 aliphatic rings. The van der Waals surface area contributed by atoms with Gasteiger partial charge in [0.2, 0.25) is 15.9 Å². The predicted octanol–water partition coefficient (Wildman–Crippen LogP) is 0.481. The number of carbonyl (C=O) groups is 1. The Morgan fingerprint density at radius 1 is 1.35 bits per heavy atom. The molecule has 0 bridgehead atoms. The van der Waals surface area contributed by atoms with Crippen molar-refractivity contribution in [3.63, 3.8) is 0 Å². The number of amides is 1. The predicted molar refractivity (Wildman–Crippen MR) is 93.1 cm³/mol. The number of hydrogen-bond acceptors (Lipinski definition) is 5. The average Bonchev–Trinajstić information content (AvgIpc) is 2.44. The number of carbonyl (C=O) groups excluding carboxylic acids is 1. The van der Waals surface area contributed by atoms with Crippen LogP contribution in [0.5, 0.6) is 0 Å². The Kier molecular flexibility index (Phi) is 10.3. The molecule has 0 radical (unpaired) electrons. The van der Waals surface area contributed by atoms with Crippen molar-refractivity contribution >= 4 is 28.3 Å². The minimum absolute atomic E-state index is 0. The van der Waals surface area contributed by atoms with E-state index in [1.54, 1.807) is 4.90 Å². The molecule has 0 aromatic rings. The van der Waals surface area contributed by atoms with Crippen LogP contribution in [0.2, 0.25) is 0 Å². The van der Waals surface area contributed by atoms with Gasteiger partial charge >= 0.3 is 0 Å². The van der Waals surface area contributed by atoms with Crippen LogP contribution in [0.4, 0.5) is 0 Å². The molecule has 0 aliphatic carbocycles. The van der Waals surface area contributed by atoms with E-state index < -0.39 is 10.0 Å². The zero-order chi connectivity index (χ0) is 16.8. The van der Waals surface area contributed by atoms with Gasteiger partial charge in [0.1, 0.15) is 0 Å². The fourth-order valence-electron chi connectivity index (χ4n) is 2.55. The number of halogens is 1. The van der Waals surface area contributed by atoms with Gasteiger partial charge in [0, 0.05) is 18.6 Å². The standard InChI is InChI=1S/C14H29N3O4S.ClH/c1-11(2)21-8-9-22(19,20)16-10-14(18)17-7-5-4-6-13(17)12(3)15;/h11-13,16H,4-10,15H2,1-3H3;1H. The third-order valence-electron chi connectivity index (χ3n) is 3.72. The highest BCUT2D eigenvalue weighted by Gasteiger charge is 2.29. The fraction of sp³-hybridized carbons (Fsp3) is 0.929. The van der Waals surface area contributed by atoms with Crippen LogP contribution in [0.3, 0.4) is 0 Å². The van der Waals surface area contributed by atoms with Gasteiger partial charge in [-0.3, -0.25) is 4.79 Å². The molecule has 2 atom stereocenters. The Morgan fingerprint density at radius 2 is 2.00 bits per heavy atom. The van der Waals surface area contributed by atoms with Crippen LogP contribution >= 0.6 is 12.4 Å². The number of piperidine rings is 1. The summed E-state index contributed by atoms with van der Waals surface area (Å²) in [5.41, 5.74) is 5.92. The number of sulfonamides is 1. The maximum absolute atomic E-state index is 12.3. The van der Waals surface area contributed by atoms with Crippen LogP contribution in [0.1, 0.15) is 40.0 Å². The summed E-state index contributed by atoms with van der Waals surface area (Å²) in [5, 5.41) is 0. The first kappa shape index (κ1) is 22.6. The lowest BCUT2D eigenvalue weighted by Gasteiger charge is -2.38. The number of ether oxygens (including phenoxy) is 1. The van der Waals surface area contributed by atoms with Crippen molar-refractivity contribution in [1.29, 1.82) is 0 Å². The lowest BCUT2D eigenvalue weighted by atomic mass is 9.97. The zero-order valence-electron chi connectivity index (χ0n) is 14.2. The Hall–Kier alpha value is -0.410. The Balaban J connectivity index is 0.00000484. The van der Waals surface area contributed by atoms with Crippen LogP contribution < -0.4 is 10.5 Å². The number of nitrogens with two attached hydrogens (primary N) is 1. The van der Waals surface area contributed by atoms with Gasteiger partial charge in [-0.25, -0.2) is 13.1 Å². The monoisotopic (exact) mass is 371 g/mol. The number of rotatable bonds is 8. The quantitative estimate of drug-likeness (QED) is 0.646. The van der Waals surface area contributed by atoms with Gasteiger partial charge in [0.15, 0.2) is 0 Å². The molecule has 2 unspecified atom stereocenters. The Labute approximate surface area is 145 Å². The maximum atomic E-state index is 12.3. The van der Waals surface area contributed by atoms with Crippen LogP contribution in [-0.2, 0) is 19.6 Å². The molecule has 1 rings (SSSR count). The molecule has 138 valence electrons. The summed E-state index contributed by atoms with van der Waals surface area (Å²) >= 11 is 0. The van der Waals surface area contributed by atoms with E-state index in [4.69, 9.17) is 10.5 Å². The van der Waals surface area contributed by atoms with Crippen molar-refractivity contribution in [2.75, 3.05) is 25.4 Å². The number of nitrogens with zero attached hydrogens (tertiary/aromatic N) is 1. The Morgan fingerprint density at radius 3 is 2.57 bits per heavy atom. The molecular formula is C14H30ClN3O4S. The summed E-state index contributed by atoms with van der Waals surface area (Å²) in [5.74, 6) is -0.356. The van der Waals surface area contributed by atoms with Crippen molar-refractivity contribution in [2.45, 2.75) is 58.2 Å². The molecule has 1 fully saturated rings. The smallest absolute Gasteiger partial charge is 0.237 e. The first-order chi connectivity index (χ1) is 10.2. The summed E-state index contributed by atoms with van der Waals surface area (Å²) in [6.07, 6.45) is 2.84. The van der Waals surface area contributed by atoms with Crippen LogP contribution in [0, 0.1) is 0 Å². The van der Waals surface area contributed by atoms with Crippen molar-refractivity contribution < 1.29 is 17.9 Å². The number of hydrogen-bond donors (Lipinski definition) is 2. The molecule has 1 aliphatic heterocycles. The van der Waals surface area contributed by atoms with Crippen LogP contribution in [-0.4, -0.2) is 62.9 Å². The highest BCUT2D eigenvalue weighted by molar-refractivity contribution is 7.89. The summed E-state index contributed by atoms with van der Waals surface area (Å²) < 4.78 is 31.2. The van der Waals surface area contributed by atoms with E-state index in [-0.39, 0.29) is 55.4 Å². The van der Waals surface area contributed by atoms with Gasteiger partial charge in [-0.15, -0.1) is 12.4 Å². The van der Waals surface area contributed by atoms with E-state index in [0.717, 1.165) is 19.3 Å². The van der Waals surface area contributed by atoms with Crippen molar-refractivity contribution in [1.82, 2.24) is 9.62 Å². The minimum Gasteiger partial charge on any atom is -0.378 e. The summed E-state index contributed by atoms with van der Waals surface area (Å²) in [6.45, 7) is 6.11. The molecule has 9 heteroatoms. The van der Waals surface area contributed by atoms with E-state index in [1.165, 1.54) is 0 Å². The highest BCUT2D eigenvalue weighted by atomic mass is 35.5. The fourth-order valence-corrected chi connectivity index (χ4v) is 3.36. The van der Waals surface area contributed by atoms with E-state index in [1.807, 2.05) is 20.8 Å². The van der Waals surface area contributed by atoms with Gasteiger partial charge in [-0.1, -0.05) is 0 Å². The van der Waals surface area contributed by atoms with Crippen molar-refractivity contribution in [3.05, 3.63) is 0 Å².